The van der Waals surface area contributed by atoms with Crippen molar-refractivity contribution in [3.8, 4) is 11.6 Å². The lowest BCUT2D eigenvalue weighted by Crippen LogP contribution is -2.11. The number of ether oxygens (including phenoxy) is 1. The van der Waals surface area contributed by atoms with Crippen molar-refractivity contribution in [3.63, 3.8) is 0 Å². The van der Waals surface area contributed by atoms with E-state index >= 15 is 0 Å². The van der Waals surface area contributed by atoms with Gasteiger partial charge in [0.15, 0.2) is 0 Å². The van der Waals surface area contributed by atoms with Gasteiger partial charge in [-0.2, -0.15) is 0 Å². The largest absolute Gasteiger partial charge is 0.438 e. The standard InChI is InChI=1S/C13H11ClN2OS/c1-8-7-9(14)4-5-11(8)17-13-10(12(15)18)3-2-6-16-13/h2-7H,1H3,(H2,15,18). The average molecular weight is 279 g/mol. The van der Waals surface area contributed by atoms with Crippen LogP contribution in [-0.4, -0.2) is 9.97 Å². The van der Waals surface area contributed by atoms with Gasteiger partial charge in [-0.1, -0.05) is 23.8 Å². The number of hydrogen-bond acceptors (Lipinski definition) is 3. The van der Waals surface area contributed by atoms with Crippen molar-refractivity contribution in [1.82, 2.24) is 4.98 Å². The van der Waals surface area contributed by atoms with E-state index < -0.39 is 0 Å². The van der Waals surface area contributed by atoms with Gasteiger partial charge >= 0.3 is 0 Å². The number of nitrogens with zero attached hydrogens (tertiary/aromatic N) is 1. The van der Waals surface area contributed by atoms with Gasteiger partial charge in [0.05, 0.1) is 5.56 Å². The van der Waals surface area contributed by atoms with E-state index in [4.69, 9.17) is 34.3 Å². The number of hydrogen-bond donors (Lipinski definition) is 1. The van der Waals surface area contributed by atoms with Gasteiger partial charge in [-0.3, -0.25) is 0 Å². The van der Waals surface area contributed by atoms with Crippen LogP contribution in [0.15, 0.2) is 36.5 Å². The topological polar surface area (TPSA) is 48.1 Å². The molecule has 0 bridgehead atoms. The fourth-order valence-electron chi connectivity index (χ4n) is 1.49. The van der Waals surface area contributed by atoms with Crippen molar-refractivity contribution in [3.05, 3.63) is 52.7 Å². The summed E-state index contributed by atoms with van der Waals surface area (Å²) in [4.78, 5) is 4.39. The van der Waals surface area contributed by atoms with Crippen LogP contribution in [0.5, 0.6) is 11.6 Å². The molecule has 0 saturated heterocycles. The van der Waals surface area contributed by atoms with Gasteiger partial charge in [0, 0.05) is 11.2 Å². The molecule has 0 fully saturated rings. The lowest BCUT2D eigenvalue weighted by atomic mass is 10.2. The molecule has 0 radical (unpaired) electrons. The number of thiocarbonyl (C=S) groups is 1. The fourth-order valence-corrected chi connectivity index (χ4v) is 1.87. The summed E-state index contributed by atoms with van der Waals surface area (Å²) in [7, 11) is 0. The van der Waals surface area contributed by atoms with Crippen LogP contribution in [0.4, 0.5) is 0 Å². The predicted molar refractivity (Wildman–Crippen MR) is 76.4 cm³/mol. The molecule has 1 aromatic heterocycles. The minimum atomic E-state index is 0.254. The Morgan fingerprint density at radius 3 is 2.83 bits per heavy atom. The maximum absolute atomic E-state index is 5.89. The molecule has 0 amide bonds. The highest BCUT2D eigenvalue weighted by molar-refractivity contribution is 7.80. The smallest absolute Gasteiger partial charge is 0.229 e. The summed E-state index contributed by atoms with van der Waals surface area (Å²) in [6.45, 7) is 1.91. The number of benzene rings is 1. The van der Waals surface area contributed by atoms with E-state index in [9.17, 15) is 0 Å². The van der Waals surface area contributed by atoms with E-state index in [1.165, 1.54) is 0 Å². The first-order valence-electron chi connectivity index (χ1n) is 5.27. The normalized spacial score (nSPS) is 10.1. The molecule has 0 saturated carbocycles. The van der Waals surface area contributed by atoms with Crippen molar-refractivity contribution in [2.75, 3.05) is 0 Å². The van der Waals surface area contributed by atoms with Crippen molar-refractivity contribution in [2.24, 2.45) is 5.73 Å². The quantitative estimate of drug-likeness (QED) is 0.874. The Balaban J connectivity index is 2.37. The van der Waals surface area contributed by atoms with Crippen LogP contribution in [0.2, 0.25) is 5.02 Å². The third-order valence-corrected chi connectivity index (χ3v) is 2.84. The average Bonchev–Trinajstić information content (AvgIpc) is 2.33. The maximum Gasteiger partial charge on any atom is 0.229 e. The van der Waals surface area contributed by atoms with Crippen molar-refractivity contribution in [1.29, 1.82) is 0 Å². The highest BCUT2D eigenvalue weighted by atomic mass is 35.5. The molecular formula is C13H11ClN2OS. The monoisotopic (exact) mass is 278 g/mol. The van der Waals surface area contributed by atoms with Crippen molar-refractivity contribution in [2.45, 2.75) is 6.92 Å². The van der Waals surface area contributed by atoms with Crippen molar-refractivity contribution < 1.29 is 4.74 Å². The molecule has 18 heavy (non-hydrogen) atoms. The number of aryl methyl sites for hydroxylation is 1. The van der Waals surface area contributed by atoms with Gasteiger partial charge in [-0.05, 0) is 42.8 Å². The summed E-state index contributed by atoms with van der Waals surface area (Å²) in [5, 5.41) is 0.662. The van der Waals surface area contributed by atoms with Gasteiger partial charge < -0.3 is 10.5 Å². The van der Waals surface area contributed by atoms with Crippen LogP contribution in [0.1, 0.15) is 11.1 Å². The molecule has 0 aliphatic carbocycles. The fraction of sp³-hybridized carbons (Fsp3) is 0.0769. The van der Waals surface area contributed by atoms with Crippen LogP contribution < -0.4 is 10.5 Å². The third kappa shape index (κ3) is 2.78. The summed E-state index contributed by atoms with van der Waals surface area (Å²) < 4.78 is 5.72. The van der Waals surface area contributed by atoms with Crippen LogP contribution in [0, 0.1) is 6.92 Å². The molecule has 2 aromatic rings. The minimum absolute atomic E-state index is 0.254. The first kappa shape index (κ1) is 12.8. The highest BCUT2D eigenvalue weighted by Gasteiger charge is 2.09. The predicted octanol–water partition coefficient (Wildman–Crippen LogP) is 3.47. The van der Waals surface area contributed by atoms with Gasteiger partial charge in [0.25, 0.3) is 0 Å². The second-order valence-corrected chi connectivity index (χ2v) is 4.61. The van der Waals surface area contributed by atoms with Gasteiger partial charge in [-0.15, -0.1) is 0 Å². The molecule has 0 unspecified atom stereocenters. The summed E-state index contributed by atoms with van der Waals surface area (Å²) in [6, 6.07) is 8.90. The molecule has 92 valence electrons. The van der Waals surface area contributed by atoms with Crippen molar-refractivity contribution >= 4 is 28.8 Å². The zero-order valence-electron chi connectivity index (χ0n) is 9.68. The first-order valence-corrected chi connectivity index (χ1v) is 6.05. The van der Waals surface area contributed by atoms with E-state index in [0.29, 0.717) is 22.2 Å². The Morgan fingerprint density at radius 1 is 1.39 bits per heavy atom. The second kappa shape index (κ2) is 5.33. The molecule has 0 atom stereocenters. The third-order valence-electron chi connectivity index (χ3n) is 2.38. The zero-order valence-corrected chi connectivity index (χ0v) is 11.3. The first-order chi connectivity index (χ1) is 8.58. The maximum atomic E-state index is 5.89. The second-order valence-electron chi connectivity index (χ2n) is 3.73. The Labute approximate surface area is 116 Å². The van der Waals surface area contributed by atoms with E-state index in [2.05, 4.69) is 4.98 Å². The number of nitrogens with two attached hydrogens (primary N) is 1. The molecule has 3 nitrogen and oxygen atoms in total. The van der Waals surface area contributed by atoms with Crippen LogP contribution in [0.3, 0.4) is 0 Å². The molecule has 0 aliphatic rings. The molecule has 0 spiro atoms. The molecular weight excluding hydrogens is 268 g/mol. The summed E-state index contributed by atoms with van der Waals surface area (Å²) in [5.41, 5.74) is 7.15. The van der Waals surface area contributed by atoms with E-state index in [1.807, 2.05) is 13.0 Å². The summed E-state index contributed by atoms with van der Waals surface area (Å²) >= 11 is 10.8. The molecule has 5 heteroatoms. The van der Waals surface area contributed by atoms with E-state index in [1.54, 1.807) is 30.5 Å². The number of rotatable bonds is 3. The van der Waals surface area contributed by atoms with Crippen LogP contribution in [0.25, 0.3) is 0 Å². The summed E-state index contributed by atoms with van der Waals surface area (Å²) in [5.74, 6) is 1.08. The number of pyridine rings is 1. The molecule has 0 aliphatic heterocycles. The number of halogens is 1. The Hall–Kier alpha value is -1.65. The zero-order chi connectivity index (χ0) is 13.1. The van der Waals surface area contributed by atoms with Gasteiger partial charge in [-0.25, -0.2) is 4.98 Å². The highest BCUT2D eigenvalue weighted by Crippen LogP contribution is 2.27. The Kier molecular flexibility index (Phi) is 3.79. The number of aromatic nitrogens is 1. The van der Waals surface area contributed by atoms with Gasteiger partial charge in [0.1, 0.15) is 10.7 Å². The van der Waals surface area contributed by atoms with Crippen LogP contribution in [-0.2, 0) is 0 Å². The molecule has 1 heterocycles. The Bertz CT molecular complexity index is 601. The molecule has 2 rings (SSSR count). The minimum Gasteiger partial charge on any atom is -0.438 e. The van der Waals surface area contributed by atoms with E-state index in [-0.39, 0.29) is 4.99 Å². The van der Waals surface area contributed by atoms with Crippen LogP contribution >= 0.6 is 23.8 Å². The summed E-state index contributed by atoms with van der Waals surface area (Å²) in [6.07, 6.45) is 1.63. The molecule has 1 aromatic carbocycles. The lowest BCUT2D eigenvalue weighted by Gasteiger charge is -2.10. The Morgan fingerprint density at radius 2 is 2.17 bits per heavy atom. The lowest BCUT2D eigenvalue weighted by molar-refractivity contribution is 0.458. The van der Waals surface area contributed by atoms with Gasteiger partial charge in [0.2, 0.25) is 5.88 Å². The molecule has 2 N–H and O–H groups in total. The van der Waals surface area contributed by atoms with E-state index in [0.717, 1.165) is 5.56 Å². The SMILES string of the molecule is Cc1cc(Cl)ccc1Oc1ncccc1C(N)=S.